The molecule has 5 heterocycles. The molecule has 4 aromatic heterocycles. The lowest BCUT2D eigenvalue weighted by Crippen LogP contribution is -2.27. The molecule has 0 aliphatic carbocycles. The third-order valence-corrected chi connectivity index (χ3v) is 6.97. The summed E-state index contributed by atoms with van der Waals surface area (Å²) < 4.78 is 43.6. The quantitative estimate of drug-likeness (QED) is 0.337. The number of fused-ring (bicyclic) bond motifs is 1. The van der Waals surface area contributed by atoms with E-state index in [9.17, 15) is 22.8 Å². The zero-order valence-corrected chi connectivity index (χ0v) is 21.8. The van der Waals surface area contributed by atoms with Crippen LogP contribution < -0.4 is 10.1 Å². The second-order valence-corrected chi connectivity index (χ2v) is 9.85. The Labute approximate surface area is 227 Å². The second-order valence-electron chi connectivity index (χ2n) is 8.38. The fraction of sp³-hybridized carbons (Fsp3) is 0.208. The van der Waals surface area contributed by atoms with Crippen molar-refractivity contribution in [2.45, 2.75) is 26.2 Å². The van der Waals surface area contributed by atoms with Crippen LogP contribution in [0.3, 0.4) is 0 Å². The smallest absolute Gasteiger partial charge is 0.419 e. The number of hydrogen-bond donors (Lipinski definition) is 1. The van der Waals surface area contributed by atoms with Crippen molar-refractivity contribution in [3.63, 3.8) is 0 Å². The van der Waals surface area contributed by atoms with Gasteiger partial charge in [-0.2, -0.15) is 13.2 Å². The third-order valence-electron chi connectivity index (χ3n) is 5.76. The Hall–Kier alpha value is -4.17. The van der Waals surface area contributed by atoms with E-state index in [0.717, 1.165) is 4.88 Å². The number of aryl methyl sites for hydroxylation is 1. The molecule has 39 heavy (non-hydrogen) atoms. The van der Waals surface area contributed by atoms with E-state index in [1.165, 1.54) is 35.7 Å². The van der Waals surface area contributed by atoms with Gasteiger partial charge >= 0.3 is 6.18 Å². The zero-order valence-electron chi connectivity index (χ0n) is 20.2. The Morgan fingerprint density at radius 1 is 1.05 bits per heavy atom. The lowest BCUT2D eigenvalue weighted by molar-refractivity contribution is -0.138. The standard InChI is InChI=1S/C24H17ClF3N7O3S/c1-11-3-13(14-4-19(25)30-8-17(14)38-2)15(7-29-11)21(36)34-23-33-16-9-35(10-18(16)39-23)22(37)20-31-5-12(6-32-20)24(26,27)28/h3-8H,9-10H2,1-2H3,(H,33,34,36). The fourth-order valence-electron chi connectivity index (χ4n) is 3.88. The molecule has 0 spiro atoms. The van der Waals surface area contributed by atoms with Crippen LogP contribution in [-0.4, -0.2) is 48.7 Å². The molecule has 0 bridgehead atoms. The summed E-state index contributed by atoms with van der Waals surface area (Å²) in [4.78, 5) is 47.8. The highest BCUT2D eigenvalue weighted by atomic mass is 35.5. The van der Waals surface area contributed by atoms with Crippen molar-refractivity contribution in [3.05, 3.63) is 75.3 Å². The van der Waals surface area contributed by atoms with E-state index < -0.39 is 23.6 Å². The van der Waals surface area contributed by atoms with Crippen molar-refractivity contribution < 1.29 is 27.5 Å². The molecule has 10 nitrogen and oxygen atoms in total. The molecule has 1 aliphatic rings. The molecular weight excluding hydrogens is 559 g/mol. The molecule has 5 rings (SSSR count). The van der Waals surface area contributed by atoms with Crippen molar-refractivity contribution in [2.24, 2.45) is 0 Å². The van der Waals surface area contributed by atoms with E-state index in [4.69, 9.17) is 16.3 Å². The molecule has 0 saturated heterocycles. The van der Waals surface area contributed by atoms with Crippen LogP contribution in [0.15, 0.2) is 36.9 Å². The number of ether oxygens (including phenoxy) is 1. The summed E-state index contributed by atoms with van der Waals surface area (Å²) in [6, 6.07) is 3.33. The molecule has 4 aromatic rings. The first-order valence-corrected chi connectivity index (χ1v) is 12.4. The first-order chi connectivity index (χ1) is 18.5. The van der Waals surface area contributed by atoms with Gasteiger partial charge in [0.1, 0.15) is 10.9 Å². The van der Waals surface area contributed by atoms with Gasteiger partial charge < -0.3 is 9.64 Å². The highest BCUT2D eigenvalue weighted by Gasteiger charge is 2.33. The number of aromatic nitrogens is 5. The maximum absolute atomic E-state index is 13.3. The van der Waals surface area contributed by atoms with Crippen LogP contribution in [-0.2, 0) is 19.3 Å². The van der Waals surface area contributed by atoms with Gasteiger partial charge in [0, 0.05) is 35.4 Å². The van der Waals surface area contributed by atoms with Crippen molar-refractivity contribution in [2.75, 3.05) is 12.4 Å². The van der Waals surface area contributed by atoms with E-state index in [1.807, 2.05) is 0 Å². The van der Waals surface area contributed by atoms with Gasteiger partial charge in [0.15, 0.2) is 5.13 Å². The van der Waals surface area contributed by atoms with Crippen molar-refractivity contribution in [1.82, 2.24) is 29.8 Å². The molecule has 0 atom stereocenters. The van der Waals surface area contributed by atoms with E-state index >= 15 is 0 Å². The van der Waals surface area contributed by atoms with Gasteiger partial charge in [0.2, 0.25) is 5.82 Å². The highest BCUT2D eigenvalue weighted by Crippen LogP contribution is 2.36. The maximum Gasteiger partial charge on any atom is 0.419 e. The van der Waals surface area contributed by atoms with Crippen LogP contribution in [0.4, 0.5) is 18.3 Å². The Balaban J connectivity index is 1.32. The number of halogens is 4. The largest absolute Gasteiger partial charge is 0.494 e. The molecule has 1 aliphatic heterocycles. The van der Waals surface area contributed by atoms with E-state index in [0.29, 0.717) is 45.8 Å². The summed E-state index contributed by atoms with van der Waals surface area (Å²) in [6.45, 7) is 2.03. The molecule has 0 aromatic carbocycles. The van der Waals surface area contributed by atoms with Crippen molar-refractivity contribution in [3.8, 4) is 16.9 Å². The molecule has 0 fully saturated rings. The number of amides is 2. The van der Waals surface area contributed by atoms with E-state index in [2.05, 4.69) is 30.2 Å². The predicted octanol–water partition coefficient (Wildman–Crippen LogP) is 4.79. The van der Waals surface area contributed by atoms with Crippen molar-refractivity contribution >= 4 is 39.9 Å². The summed E-state index contributed by atoms with van der Waals surface area (Å²) in [5.41, 5.74) is 1.55. The van der Waals surface area contributed by atoms with E-state index in [1.54, 1.807) is 19.1 Å². The van der Waals surface area contributed by atoms with Crippen LogP contribution in [0, 0.1) is 6.92 Å². The van der Waals surface area contributed by atoms with Gasteiger partial charge in [0.25, 0.3) is 11.8 Å². The molecule has 0 saturated carbocycles. The molecule has 1 N–H and O–H groups in total. The predicted molar refractivity (Wildman–Crippen MR) is 134 cm³/mol. The van der Waals surface area contributed by atoms with Crippen molar-refractivity contribution in [1.29, 1.82) is 0 Å². The monoisotopic (exact) mass is 575 g/mol. The average molecular weight is 576 g/mol. The number of pyridine rings is 2. The first kappa shape index (κ1) is 26.4. The Kier molecular flexibility index (Phi) is 6.91. The van der Waals surface area contributed by atoms with Gasteiger partial charge in [-0.05, 0) is 19.1 Å². The first-order valence-electron chi connectivity index (χ1n) is 11.2. The van der Waals surface area contributed by atoms with Gasteiger partial charge in [-0.15, -0.1) is 0 Å². The third kappa shape index (κ3) is 5.38. The lowest BCUT2D eigenvalue weighted by Gasteiger charge is -2.15. The number of carbonyl (C=O) groups excluding carboxylic acids is 2. The van der Waals surface area contributed by atoms with E-state index in [-0.39, 0.29) is 29.6 Å². The number of anilines is 1. The molecule has 200 valence electrons. The number of carbonyl (C=O) groups is 2. The summed E-state index contributed by atoms with van der Waals surface area (Å²) in [5, 5.41) is 3.31. The lowest BCUT2D eigenvalue weighted by atomic mass is 10.0. The van der Waals surface area contributed by atoms with Crippen LogP contribution in [0.2, 0.25) is 5.15 Å². The minimum absolute atomic E-state index is 0.0922. The minimum atomic E-state index is -4.60. The van der Waals surface area contributed by atoms with Gasteiger partial charge in [-0.1, -0.05) is 22.9 Å². The number of rotatable bonds is 5. The topological polar surface area (TPSA) is 123 Å². The molecule has 15 heteroatoms. The van der Waals surface area contributed by atoms with Gasteiger partial charge in [0.05, 0.1) is 48.1 Å². The summed E-state index contributed by atoms with van der Waals surface area (Å²) in [7, 11) is 1.48. The molecule has 2 amide bonds. The van der Waals surface area contributed by atoms with Crippen LogP contribution in [0.25, 0.3) is 11.1 Å². The minimum Gasteiger partial charge on any atom is -0.494 e. The highest BCUT2D eigenvalue weighted by molar-refractivity contribution is 7.16. The molecule has 0 radical (unpaired) electrons. The number of nitrogens with zero attached hydrogens (tertiary/aromatic N) is 6. The van der Waals surface area contributed by atoms with Crippen LogP contribution >= 0.6 is 22.9 Å². The number of nitrogens with one attached hydrogen (secondary N) is 1. The Morgan fingerprint density at radius 2 is 1.79 bits per heavy atom. The maximum atomic E-state index is 13.3. The number of thiazole rings is 1. The molecular formula is C24H17ClF3N7O3S. The number of methoxy groups -OCH3 is 1. The zero-order chi connectivity index (χ0) is 27.9. The SMILES string of the molecule is COc1cnc(Cl)cc1-c1cc(C)ncc1C(=O)Nc1nc2c(s1)CN(C(=O)c1ncc(C(F)(F)F)cn1)C2. The normalized spacial score (nSPS) is 12.8. The van der Waals surface area contributed by atoms with Crippen LogP contribution in [0.5, 0.6) is 5.75 Å². The Morgan fingerprint density at radius 3 is 2.46 bits per heavy atom. The van der Waals surface area contributed by atoms with Gasteiger partial charge in [-0.3, -0.25) is 19.9 Å². The summed E-state index contributed by atoms with van der Waals surface area (Å²) in [6.07, 6.45) is -0.553. The number of alkyl halides is 3. The Bertz CT molecular complexity index is 1570. The summed E-state index contributed by atoms with van der Waals surface area (Å²) in [5.74, 6) is -1.02. The second kappa shape index (κ2) is 10.2. The van der Waals surface area contributed by atoms with Crippen LogP contribution in [0.1, 0.15) is 42.8 Å². The average Bonchev–Trinajstić information content (AvgIpc) is 3.46. The number of hydrogen-bond acceptors (Lipinski definition) is 9. The van der Waals surface area contributed by atoms with Gasteiger partial charge in [-0.25, -0.2) is 19.9 Å². The summed E-state index contributed by atoms with van der Waals surface area (Å²) >= 11 is 7.27. The molecule has 0 unspecified atom stereocenters. The fourth-order valence-corrected chi connectivity index (χ4v) is 5.02.